The number of hydrogen-bond donors (Lipinski definition) is 0. The molecule has 1 heterocycles. The fraction of sp³-hybridized carbons (Fsp3) is 0.167. The fourth-order valence-electron chi connectivity index (χ4n) is 1.56. The Morgan fingerprint density at radius 1 is 1.26 bits per heavy atom. The van der Waals surface area contributed by atoms with Crippen LogP contribution in [0.1, 0.15) is 4.88 Å². The summed E-state index contributed by atoms with van der Waals surface area (Å²) in [6, 6.07) is 10.4. The largest absolute Gasteiger partial charge is 0.244 e. The van der Waals surface area contributed by atoms with Gasteiger partial charge in [-0.05, 0) is 40.2 Å². The molecule has 0 unspecified atom stereocenters. The molecule has 1 aromatic carbocycles. The van der Waals surface area contributed by atoms with E-state index in [1.807, 2.05) is 6.07 Å². The molecular weight excluding hydrogens is 370 g/mol. The number of halogens is 2. The van der Waals surface area contributed by atoms with Gasteiger partial charge in [0.05, 0.1) is 9.23 Å². The Labute approximate surface area is 130 Å². The second-order valence-corrected chi connectivity index (χ2v) is 8.56. The highest BCUT2D eigenvalue weighted by Gasteiger charge is 2.23. The van der Waals surface area contributed by atoms with Gasteiger partial charge < -0.3 is 0 Å². The van der Waals surface area contributed by atoms with Crippen molar-refractivity contribution in [3.05, 3.63) is 50.1 Å². The first-order chi connectivity index (χ1) is 8.91. The number of sulfonamides is 1. The standard InChI is InChI=1S/C12H11BrClNO2S2/c1-15(8-9-6-7-12(14)18-9)19(16,17)11-5-3-2-4-10(11)13/h2-7H,8H2,1H3. The summed E-state index contributed by atoms with van der Waals surface area (Å²) in [4.78, 5) is 1.17. The molecule has 0 aliphatic carbocycles. The molecule has 0 fully saturated rings. The van der Waals surface area contributed by atoms with E-state index in [9.17, 15) is 8.42 Å². The molecule has 0 saturated heterocycles. The van der Waals surface area contributed by atoms with Gasteiger partial charge in [0.15, 0.2) is 0 Å². The lowest BCUT2D eigenvalue weighted by molar-refractivity contribution is 0.469. The Kier molecular flexibility index (Phi) is 4.68. The molecule has 0 saturated carbocycles. The second-order valence-electron chi connectivity index (χ2n) is 3.90. The Hall–Kier alpha value is -0.400. The molecule has 0 aliphatic rings. The first-order valence-corrected chi connectivity index (χ1v) is 8.79. The summed E-state index contributed by atoms with van der Waals surface area (Å²) in [5, 5.41) is 0. The maximum atomic E-state index is 12.4. The van der Waals surface area contributed by atoms with Crippen molar-refractivity contribution < 1.29 is 8.42 Å². The lowest BCUT2D eigenvalue weighted by Gasteiger charge is -2.17. The molecule has 2 rings (SSSR count). The van der Waals surface area contributed by atoms with Crippen molar-refractivity contribution in [2.75, 3.05) is 7.05 Å². The van der Waals surface area contributed by atoms with Crippen molar-refractivity contribution in [2.45, 2.75) is 11.4 Å². The summed E-state index contributed by atoms with van der Waals surface area (Å²) in [6.45, 7) is 0.307. The second kappa shape index (κ2) is 5.93. The summed E-state index contributed by atoms with van der Waals surface area (Å²) in [5.74, 6) is 0. The van der Waals surface area contributed by atoms with Crippen LogP contribution in [-0.4, -0.2) is 19.8 Å². The predicted octanol–water partition coefficient (Wildman–Crippen LogP) is 3.98. The van der Waals surface area contributed by atoms with Crippen molar-refractivity contribution >= 4 is 48.9 Å². The van der Waals surface area contributed by atoms with Crippen LogP contribution in [0.25, 0.3) is 0 Å². The highest BCUT2D eigenvalue weighted by molar-refractivity contribution is 9.10. The minimum Gasteiger partial charge on any atom is -0.207 e. The van der Waals surface area contributed by atoms with Gasteiger partial charge >= 0.3 is 0 Å². The van der Waals surface area contributed by atoms with E-state index in [-0.39, 0.29) is 4.90 Å². The van der Waals surface area contributed by atoms with E-state index in [1.54, 1.807) is 37.4 Å². The Morgan fingerprint density at radius 2 is 1.95 bits per heavy atom. The number of rotatable bonds is 4. The van der Waals surface area contributed by atoms with E-state index in [0.29, 0.717) is 15.4 Å². The van der Waals surface area contributed by atoms with Gasteiger partial charge in [-0.2, -0.15) is 4.31 Å². The van der Waals surface area contributed by atoms with Gasteiger partial charge in [-0.15, -0.1) is 11.3 Å². The smallest absolute Gasteiger partial charge is 0.207 e. The maximum Gasteiger partial charge on any atom is 0.244 e. The molecule has 0 bridgehead atoms. The molecule has 102 valence electrons. The van der Waals surface area contributed by atoms with Gasteiger partial charge in [0.2, 0.25) is 10.0 Å². The van der Waals surface area contributed by atoms with E-state index < -0.39 is 10.0 Å². The van der Waals surface area contributed by atoms with Gasteiger partial charge in [0.1, 0.15) is 0 Å². The summed E-state index contributed by atoms with van der Waals surface area (Å²) in [6.07, 6.45) is 0. The van der Waals surface area contributed by atoms with E-state index in [2.05, 4.69) is 15.9 Å². The van der Waals surface area contributed by atoms with Crippen LogP contribution >= 0.6 is 38.9 Å². The molecule has 0 N–H and O–H groups in total. The van der Waals surface area contributed by atoms with Crippen LogP contribution in [0.4, 0.5) is 0 Å². The lowest BCUT2D eigenvalue weighted by atomic mass is 10.4. The molecule has 0 radical (unpaired) electrons. The van der Waals surface area contributed by atoms with Gasteiger partial charge in [0.25, 0.3) is 0 Å². The van der Waals surface area contributed by atoms with Gasteiger partial charge in [-0.25, -0.2) is 8.42 Å². The van der Waals surface area contributed by atoms with Gasteiger partial charge in [0, 0.05) is 22.9 Å². The molecule has 0 atom stereocenters. The van der Waals surface area contributed by atoms with Gasteiger partial charge in [-0.1, -0.05) is 23.7 Å². The minimum atomic E-state index is -3.51. The molecular formula is C12H11BrClNO2S2. The van der Waals surface area contributed by atoms with E-state index in [1.165, 1.54) is 15.6 Å². The van der Waals surface area contributed by atoms with Crippen LogP contribution in [0.5, 0.6) is 0 Å². The SMILES string of the molecule is CN(Cc1ccc(Cl)s1)S(=O)(=O)c1ccccc1Br. The third kappa shape index (κ3) is 3.38. The first-order valence-electron chi connectivity index (χ1n) is 5.36. The third-order valence-electron chi connectivity index (χ3n) is 2.53. The summed E-state index contributed by atoms with van der Waals surface area (Å²) >= 11 is 10.5. The van der Waals surface area contributed by atoms with Crippen LogP contribution in [0.15, 0.2) is 45.8 Å². The molecule has 0 aliphatic heterocycles. The van der Waals surface area contributed by atoms with Crippen molar-refractivity contribution in [3.63, 3.8) is 0 Å². The zero-order valence-corrected chi connectivity index (χ0v) is 14.0. The zero-order valence-electron chi connectivity index (χ0n) is 10.0. The normalized spacial score (nSPS) is 12.0. The molecule has 2 aromatic rings. The number of nitrogens with zero attached hydrogens (tertiary/aromatic N) is 1. The Bertz CT molecular complexity index is 685. The Balaban J connectivity index is 2.27. The van der Waals surface area contributed by atoms with Gasteiger partial charge in [-0.3, -0.25) is 0 Å². The Morgan fingerprint density at radius 3 is 2.53 bits per heavy atom. The molecule has 7 heteroatoms. The van der Waals surface area contributed by atoms with Crippen LogP contribution < -0.4 is 0 Å². The number of hydrogen-bond acceptors (Lipinski definition) is 3. The summed E-state index contributed by atoms with van der Waals surface area (Å²) < 4.78 is 27.4. The van der Waals surface area contributed by atoms with Crippen LogP contribution in [0.2, 0.25) is 4.34 Å². The average Bonchev–Trinajstić information content (AvgIpc) is 2.75. The molecule has 1 aromatic heterocycles. The average molecular weight is 381 g/mol. The highest BCUT2D eigenvalue weighted by Crippen LogP contribution is 2.27. The van der Waals surface area contributed by atoms with E-state index in [0.717, 1.165) is 4.88 Å². The monoisotopic (exact) mass is 379 g/mol. The van der Waals surface area contributed by atoms with Crippen LogP contribution in [0.3, 0.4) is 0 Å². The maximum absolute atomic E-state index is 12.4. The zero-order chi connectivity index (χ0) is 14.0. The van der Waals surface area contributed by atoms with Crippen molar-refractivity contribution in [3.8, 4) is 0 Å². The summed E-state index contributed by atoms with van der Waals surface area (Å²) in [7, 11) is -1.95. The lowest BCUT2D eigenvalue weighted by Crippen LogP contribution is -2.26. The topological polar surface area (TPSA) is 37.4 Å². The van der Waals surface area contributed by atoms with Crippen LogP contribution in [0, 0.1) is 0 Å². The molecule has 3 nitrogen and oxygen atoms in total. The number of benzene rings is 1. The molecule has 0 spiro atoms. The highest BCUT2D eigenvalue weighted by atomic mass is 79.9. The minimum absolute atomic E-state index is 0.264. The fourth-order valence-corrected chi connectivity index (χ4v) is 4.89. The molecule has 19 heavy (non-hydrogen) atoms. The van der Waals surface area contributed by atoms with Crippen molar-refractivity contribution in [2.24, 2.45) is 0 Å². The quantitative estimate of drug-likeness (QED) is 0.804. The number of thiophene rings is 1. The predicted molar refractivity (Wildman–Crippen MR) is 82.1 cm³/mol. The summed E-state index contributed by atoms with van der Waals surface area (Å²) in [5.41, 5.74) is 0. The molecule has 0 amide bonds. The van der Waals surface area contributed by atoms with Crippen molar-refractivity contribution in [1.29, 1.82) is 0 Å². The third-order valence-corrected chi connectivity index (χ3v) is 6.56. The van der Waals surface area contributed by atoms with Crippen LogP contribution in [-0.2, 0) is 16.6 Å². The van der Waals surface area contributed by atoms with Crippen molar-refractivity contribution in [1.82, 2.24) is 4.31 Å². The van der Waals surface area contributed by atoms with E-state index >= 15 is 0 Å². The van der Waals surface area contributed by atoms with E-state index in [4.69, 9.17) is 11.6 Å². The first kappa shape index (κ1) is 15.0.